The summed E-state index contributed by atoms with van der Waals surface area (Å²) < 4.78 is 12.0. The number of H-pyrrole nitrogens is 1. The minimum atomic E-state index is -0.492. The van der Waals surface area contributed by atoms with Crippen molar-refractivity contribution in [2.45, 2.75) is 20.8 Å². The number of halogens is 1. The summed E-state index contributed by atoms with van der Waals surface area (Å²) in [7, 11) is 0. The number of carbonyl (C=O) groups excluding carboxylic acids is 1. The van der Waals surface area contributed by atoms with Gasteiger partial charge in [-0.1, -0.05) is 32.4 Å². The highest BCUT2D eigenvalue weighted by atomic mass is 35.5. The maximum atomic E-state index is 12.2. The van der Waals surface area contributed by atoms with Crippen LogP contribution >= 0.6 is 22.9 Å². The maximum absolute atomic E-state index is 12.2. The van der Waals surface area contributed by atoms with Crippen LogP contribution in [0.1, 0.15) is 26.3 Å². The van der Waals surface area contributed by atoms with Gasteiger partial charge in [0.2, 0.25) is 0 Å². The highest BCUT2D eigenvalue weighted by Crippen LogP contribution is 2.38. The molecule has 0 radical (unpaired) electrons. The zero-order chi connectivity index (χ0) is 18.2. The number of ketones is 1. The monoisotopic (exact) mass is 379 g/mol. The average Bonchev–Trinajstić information content (AvgIpc) is 2.86. The third-order valence-corrected chi connectivity index (χ3v) is 4.84. The van der Waals surface area contributed by atoms with E-state index in [2.05, 4.69) is 4.98 Å². The summed E-state index contributed by atoms with van der Waals surface area (Å²) in [5.41, 5.74) is -0.00652. The van der Waals surface area contributed by atoms with Crippen molar-refractivity contribution in [1.82, 2.24) is 4.98 Å². The predicted molar refractivity (Wildman–Crippen MR) is 99.1 cm³/mol. The van der Waals surface area contributed by atoms with Gasteiger partial charge in [0.25, 0.3) is 5.56 Å². The molecular weight excluding hydrogens is 362 g/mol. The molecule has 132 valence electrons. The fraction of sp³-hybridized carbons (Fsp3) is 0.333. The highest BCUT2D eigenvalue weighted by Gasteiger charge is 2.19. The number of aromatic nitrogens is 1. The van der Waals surface area contributed by atoms with Crippen LogP contribution in [-0.4, -0.2) is 24.0 Å². The van der Waals surface area contributed by atoms with Gasteiger partial charge in [-0.3, -0.25) is 9.59 Å². The average molecular weight is 380 g/mol. The molecule has 0 spiro atoms. The Morgan fingerprint density at radius 3 is 2.72 bits per heavy atom. The van der Waals surface area contributed by atoms with Crippen molar-refractivity contribution in [2.24, 2.45) is 5.41 Å². The van der Waals surface area contributed by atoms with Crippen molar-refractivity contribution < 1.29 is 14.3 Å². The molecule has 1 aromatic heterocycles. The number of ether oxygens (including phenoxy) is 2. The van der Waals surface area contributed by atoms with Gasteiger partial charge in [0.15, 0.2) is 17.3 Å². The molecule has 1 aliphatic rings. The molecule has 0 saturated heterocycles. The van der Waals surface area contributed by atoms with E-state index in [4.69, 9.17) is 21.1 Å². The molecule has 5 nitrogen and oxygen atoms in total. The summed E-state index contributed by atoms with van der Waals surface area (Å²) in [6.07, 6.45) is 3.19. The van der Waals surface area contributed by atoms with Crippen LogP contribution in [-0.2, 0) is 4.79 Å². The van der Waals surface area contributed by atoms with Gasteiger partial charge in [-0.15, -0.1) is 11.3 Å². The van der Waals surface area contributed by atoms with Crippen LogP contribution in [0.3, 0.4) is 0 Å². The molecule has 0 atom stereocenters. The van der Waals surface area contributed by atoms with Crippen LogP contribution in [0.25, 0.3) is 12.2 Å². The molecule has 1 aliphatic heterocycles. The molecule has 0 amide bonds. The molecule has 0 aliphatic carbocycles. The summed E-state index contributed by atoms with van der Waals surface area (Å²) in [4.78, 5) is 27.0. The topological polar surface area (TPSA) is 68.4 Å². The first-order chi connectivity index (χ1) is 11.7. The molecule has 0 fully saturated rings. The fourth-order valence-electron chi connectivity index (χ4n) is 2.23. The highest BCUT2D eigenvalue weighted by molar-refractivity contribution is 7.07. The number of Topliss-reactive ketones (excluding diaryl/α,β-unsaturated/α-hetero) is 1. The van der Waals surface area contributed by atoms with Crippen molar-refractivity contribution in [2.75, 3.05) is 13.2 Å². The number of nitrogens with one attached hydrogen (secondary N) is 1. The molecule has 2 aromatic rings. The minimum absolute atomic E-state index is 0.0427. The van der Waals surface area contributed by atoms with Gasteiger partial charge in [0.1, 0.15) is 13.2 Å². The Morgan fingerprint density at radius 2 is 2.00 bits per heavy atom. The molecule has 3 rings (SSSR count). The number of rotatable bonds is 2. The number of thiazole rings is 1. The van der Waals surface area contributed by atoms with Crippen molar-refractivity contribution in [1.29, 1.82) is 0 Å². The first-order valence-electron chi connectivity index (χ1n) is 7.80. The van der Waals surface area contributed by atoms with Crippen LogP contribution in [0.2, 0.25) is 5.02 Å². The SMILES string of the molecule is CC(C)(C)C(=O)/C=c1\[nH]c(=O)/c(=C/c2cc(Cl)c3c(c2)OCCO3)s1. The summed E-state index contributed by atoms with van der Waals surface area (Å²) in [6.45, 7) is 6.42. The lowest BCUT2D eigenvalue weighted by Gasteiger charge is -2.19. The van der Waals surface area contributed by atoms with Gasteiger partial charge in [-0.2, -0.15) is 0 Å². The van der Waals surface area contributed by atoms with E-state index in [1.807, 2.05) is 20.8 Å². The summed E-state index contributed by atoms with van der Waals surface area (Å²) in [6, 6.07) is 3.50. The second-order valence-electron chi connectivity index (χ2n) is 6.71. The van der Waals surface area contributed by atoms with Crippen molar-refractivity contribution in [3.8, 4) is 11.5 Å². The first kappa shape index (κ1) is 17.8. The van der Waals surface area contributed by atoms with Crippen LogP contribution in [0.15, 0.2) is 16.9 Å². The first-order valence-corrected chi connectivity index (χ1v) is 8.99. The van der Waals surface area contributed by atoms with Crippen molar-refractivity contribution >= 4 is 40.9 Å². The van der Waals surface area contributed by atoms with Crippen LogP contribution < -0.4 is 24.2 Å². The van der Waals surface area contributed by atoms with Gasteiger partial charge in [-0.25, -0.2) is 0 Å². The van der Waals surface area contributed by atoms with E-state index < -0.39 is 5.41 Å². The Balaban J connectivity index is 2.03. The smallest absolute Gasteiger partial charge is 0.266 e. The standard InChI is InChI=1S/C18H18ClNO4S/c1-18(2,3)14(21)9-15-20-17(22)13(25-15)8-10-6-11(19)16-12(7-10)23-4-5-24-16/h6-9H,4-5H2,1-3H3,(H,20,22)/b13-8-,15-9+. The van der Waals surface area contributed by atoms with E-state index >= 15 is 0 Å². The van der Waals surface area contributed by atoms with E-state index in [1.165, 1.54) is 17.4 Å². The maximum Gasteiger partial charge on any atom is 0.266 e. The number of hydrogen-bond acceptors (Lipinski definition) is 5. The summed E-state index contributed by atoms with van der Waals surface area (Å²) in [5, 5.41) is 0.436. The van der Waals surface area contributed by atoms with Gasteiger partial charge in [0.05, 0.1) is 14.2 Å². The zero-order valence-corrected chi connectivity index (χ0v) is 15.7. The number of fused-ring (bicyclic) bond motifs is 1. The molecular formula is C18H18ClNO4S. The third-order valence-electron chi connectivity index (χ3n) is 3.60. The summed E-state index contributed by atoms with van der Waals surface area (Å²) in [5.74, 6) is 1.04. The molecule has 7 heteroatoms. The number of hydrogen-bond donors (Lipinski definition) is 1. The molecule has 0 saturated carbocycles. The van der Waals surface area contributed by atoms with Crippen molar-refractivity contribution in [3.05, 3.63) is 42.3 Å². The number of carbonyl (C=O) groups is 1. The summed E-state index contributed by atoms with van der Waals surface area (Å²) >= 11 is 7.45. The lowest BCUT2D eigenvalue weighted by Crippen LogP contribution is -2.22. The van der Waals surface area contributed by atoms with Crippen LogP contribution in [0.5, 0.6) is 11.5 Å². The zero-order valence-electron chi connectivity index (χ0n) is 14.1. The lowest BCUT2D eigenvalue weighted by atomic mass is 9.91. The third kappa shape index (κ3) is 3.96. The fourth-order valence-corrected chi connectivity index (χ4v) is 3.38. The quantitative estimate of drug-likeness (QED) is 0.867. The van der Waals surface area contributed by atoms with E-state index in [1.54, 1.807) is 18.2 Å². The van der Waals surface area contributed by atoms with Gasteiger partial charge < -0.3 is 14.5 Å². The van der Waals surface area contributed by atoms with Crippen LogP contribution in [0.4, 0.5) is 0 Å². The number of benzene rings is 1. The Hall–Kier alpha value is -2.05. The Bertz CT molecular complexity index is 998. The molecule has 2 heterocycles. The second kappa shape index (κ2) is 6.69. The van der Waals surface area contributed by atoms with E-state index in [9.17, 15) is 9.59 Å². The number of aromatic amines is 1. The molecule has 0 bridgehead atoms. The second-order valence-corrected chi connectivity index (χ2v) is 8.21. The molecule has 1 aromatic carbocycles. The normalized spacial score (nSPS) is 15.5. The Morgan fingerprint density at radius 1 is 1.28 bits per heavy atom. The van der Waals surface area contributed by atoms with Gasteiger partial charge in [0, 0.05) is 11.5 Å². The van der Waals surface area contributed by atoms with Crippen LogP contribution in [0, 0.1) is 5.41 Å². The van der Waals surface area contributed by atoms with Gasteiger partial charge in [-0.05, 0) is 23.8 Å². The Labute approximate surface area is 153 Å². The minimum Gasteiger partial charge on any atom is -0.486 e. The van der Waals surface area contributed by atoms with Gasteiger partial charge >= 0.3 is 0 Å². The van der Waals surface area contributed by atoms with E-state index in [-0.39, 0.29) is 11.3 Å². The molecule has 25 heavy (non-hydrogen) atoms. The van der Waals surface area contributed by atoms with E-state index in [0.29, 0.717) is 38.9 Å². The Kier molecular flexibility index (Phi) is 4.75. The van der Waals surface area contributed by atoms with Crippen molar-refractivity contribution in [3.63, 3.8) is 0 Å². The largest absolute Gasteiger partial charge is 0.486 e. The molecule has 0 unspecified atom stereocenters. The lowest BCUT2D eigenvalue weighted by molar-refractivity contribution is -0.119. The van der Waals surface area contributed by atoms with E-state index in [0.717, 1.165) is 5.56 Å². The predicted octanol–water partition coefficient (Wildman–Crippen LogP) is 2.09. The molecule has 1 N–H and O–H groups in total.